The van der Waals surface area contributed by atoms with E-state index in [9.17, 15) is 23.1 Å². The number of aromatic carboxylic acids is 1. The molecule has 0 aliphatic rings. The molecule has 0 radical (unpaired) electrons. The van der Waals surface area contributed by atoms with E-state index in [-0.39, 0.29) is 5.56 Å². The predicted molar refractivity (Wildman–Crippen MR) is 67.1 cm³/mol. The van der Waals surface area contributed by atoms with Crippen molar-refractivity contribution in [3.63, 3.8) is 0 Å². The lowest BCUT2D eigenvalue weighted by Crippen LogP contribution is -2.05. The van der Waals surface area contributed by atoms with Crippen LogP contribution in [0, 0.1) is 17.5 Å². The van der Waals surface area contributed by atoms with Crippen molar-refractivity contribution in [1.29, 1.82) is 0 Å². The Balaban J connectivity index is 2.67. The third-order valence-corrected chi connectivity index (χ3v) is 2.85. The van der Waals surface area contributed by atoms with E-state index >= 15 is 0 Å². The van der Waals surface area contributed by atoms with E-state index in [0.29, 0.717) is 0 Å². The van der Waals surface area contributed by atoms with Crippen LogP contribution in [0.4, 0.5) is 13.2 Å². The number of nitrogens with zero attached hydrogens (tertiary/aromatic N) is 1. The van der Waals surface area contributed by atoms with Crippen molar-refractivity contribution in [3.8, 4) is 11.3 Å². The maximum absolute atomic E-state index is 14.0. The van der Waals surface area contributed by atoms with Crippen molar-refractivity contribution in [2.24, 2.45) is 0 Å². The number of aliphatic hydroxyl groups is 1. The summed E-state index contributed by atoms with van der Waals surface area (Å²) in [6.45, 7) is 1.32. The molecule has 0 spiro atoms. The van der Waals surface area contributed by atoms with Gasteiger partial charge in [-0.2, -0.15) is 0 Å². The fraction of sp³-hybridized carbons (Fsp3) is 0.143. The minimum atomic E-state index is -1.45. The molecule has 1 aromatic carbocycles. The van der Waals surface area contributed by atoms with Crippen molar-refractivity contribution in [3.05, 3.63) is 53.0 Å². The molecule has 1 unspecified atom stereocenters. The Kier molecular flexibility index (Phi) is 3.95. The quantitative estimate of drug-likeness (QED) is 0.914. The molecule has 0 bridgehead atoms. The summed E-state index contributed by atoms with van der Waals surface area (Å²) in [6, 6.07) is 3.35. The number of carboxylic acids is 1. The fourth-order valence-electron chi connectivity index (χ4n) is 1.80. The molecule has 1 heterocycles. The maximum atomic E-state index is 14.0. The van der Waals surface area contributed by atoms with Crippen LogP contribution in [-0.2, 0) is 0 Å². The third kappa shape index (κ3) is 2.87. The molecule has 0 fully saturated rings. The smallest absolute Gasteiger partial charge is 0.354 e. The molecule has 0 saturated heterocycles. The zero-order chi connectivity index (χ0) is 15.7. The lowest BCUT2D eigenvalue weighted by molar-refractivity contribution is 0.0690. The lowest BCUT2D eigenvalue weighted by Gasteiger charge is -2.10. The van der Waals surface area contributed by atoms with Gasteiger partial charge in [0.15, 0.2) is 0 Å². The van der Waals surface area contributed by atoms with E-state index in [0.717, 1.165) is 24.3 Å². The van der Waals surface area contributed by atoms with Gasteiger partial charge in [0.25, 0.3) is 0 Å². The minimum Gasteiger partial charge on any atom is -0.477 e. The Hall–Kier alpha value is -2.41. The van der Waals surface area contributed by atoms with Crippen molar-refractivity contribution in [2.45, 2.75) is 13.0 Å². The molecule has 1 atom stereocenters. The molecule has 21 heavy (non-hydrogen) atoms. The Bertz CT molecular complexity index is 694. The monoisotopic (exact) mass is 297 g/mol. The molecule has 0 aliphatic heterocycles. The van der Waals surface area contributed by atoms with E-state index in [1.807, 2.05) is 0 Å². The molecule has 0 amide bonds. The predicted octanol–water partition coefficient (Wildman–Crippen LogP) is 2.92. The molecule has 2 aromatic rings. The Morgan fingerprint density at radius 1 is 1.14 bits per heavy atom. The van der Waals surface area contributed by atoms with E-state index in [1.54, 1.807) is 0 Å². The van der Waals surface area contributed by atoms with Crippen LogP contribution < -0.4 is 0 Å². The highest BCUT2D eigenvalue weighted by atomic mass is 19.1. The Morgan fingerprint density at radius 2 is 1.71 bits per heavy atom. The average Bonchev–Trinajstić information content (AvgIpc) is 2.39. The van der Waals surface area contributed by atoms with Crippen LogP contribution >= 0.6 is 0 Å². The molecule has 4 nitrogen and oxygen atoms in total. The molecule has 0 saturated carbocycles. The molecule has 1 aromatic heterocycles. The first-order valence-corrected chi connectivity index (χ1v) is 5.88. The molecule has 110 valence electrons. The normalized spacial score (nSPS) is 12.2. The van der Waals surface area contributed by atoms with E-state index in [4.69, 9.17) is 5.11 Å². The van der Waals surface area contributed by atoms with Gasteiger partial charge in [-0.25, -0.2) is 22.9 Å². The van der Waals surface area contributed by atoms with E-state index in [2.05, 4.69) is 4.98 Å². The van der Waals surface area contributed by atoms with Gasteiger partial charge in [0.05, 0.1) is 11.7 Å². The molecule has 7 heteroatoms. The van der Waals surface area contributed by atoms with Crippen molar-refractivity contribution >= 4 is 5.97 Å². The van der Waals surface area contributed by atoms with Gasteiger partial charge >= 0.3 is 5.97 Å². The summed E-state index contributed by atoms with van der Waals surface area (Å²) >= 11 is 0. The van der Waals surface area contributed by atoms with Gasteiger partial charge in [-0.15, -0.1) is 0 Å². The topological polar surface area (TPSA) is 70.4 Å². The number of benzene rings is 1. The number of pyridine rings is 1. The summed E-state index contributed by atoms with van der Waals surface area (Å²) in [4.78, 5) is 14.2. The number of aromatic nitrogens is 1. The fourth-order valence-corrected chi connectivity index (χ4v) is 1.80. The second-order valence-corrected chi connectivity index (χ2v) is 4.37. The van der Waals surface area contributed by atoms with Crippen molar-refractivity contribution < 1.29 is 28.2 Å². The summed E-state index contributed by atoms with van der Waals surface area (Å²) in [6.07, 6.45) is -1.11. The van der Waals surface area contributed by atoms with Crippen LogP contribution in [0.1, 0.15) is 29.1 Å². The summed E-state index contributed by atoms with van der Waals surface area (Å²) in [5, 5.41) is 18.1. The van der Waals surface area contributed by atoms with Gasteiger partial charge < -0.3 is 10.2 Å². The molecule has 0 aliphatic carbocycles. The van der Waals surface area contributed by atoms with E-state index < -0.39 is 46.5 Å². The van der Waals surface area contributed by atoms with Gasteiger partial charge in [-0.3, -0.25) is 0 Å². The molecular formula is C14H10F3NO3. The SMILES string of the molecule is CC(O)c1cc(F)c(-c2nc(C(=O)O)ccc2F)c(F)c1. The Morgan fingerprint density at radius 3 is 2.19 bits per heavy atom. The van der Waals surface area contributed by atoms with Gasteiger partial charge in [0, 0.05) is 0 Å². The molecular weight excluding hydrogens is 287 g/mol. The van der Waals surface area contributed by atoms with Gasteiger partial charge in [0.1, 0.15) is 28.8 Å². The number of carbonyl (C=O) groups is 1. The summed E-state index contributed by atoms with van der Waals surface area (Å²) in [7, 11) is 0. The zero-order valence-electron chi connectivity index (χ0n) is 10.8. The van der Waals surface area contributed by atoms with Gasteiger partial charge in [0.2, 0.25) is 0 Å². The first kappa shape index (κ1) is 15.0. The van der Waals surface area contributed by atoms with Crippen LogP contribution in [0.5, 0.6) is 0 Å². The van der Waals surface area contributed by atoms with E-state index in [1.165, 1.54) is 6.92 Å². The number of rotatable bonds is 3. The first-order chi connectivity index (χ1) is 9.81. The van der Waals surface area contributed by atoms with Crippen molar-refractivity contribution in [1.82, 2.24) is 4.98 Å². The zero-order valence-corrected chi connectivity index (χ0v) is 10.8. The molecule has 2 rings (SSSR count). The molecule has 2 N–H and O–H groups in total. The number of hydrogen-bond donors (Lipinski definition) is 2. The van der Waals surface area contributed by atoms with Crippen LogP contribution in [0.25, 0.3) is 11.3 Å². The minimum absolute atomic E-state index is 0.0245. The largest absolute Gasteiger partial charge is 0.477 e. The second kappa shape index (κ2) is 5.53. The summed E-state index contributed by atoms with van der Waals surface area (Å²) in [5.74, 6) is -4.78. The Labute approximate surface area is 117 Å². The third-order valence-electron chi connectivity index (χ3n) is 2.85. The summed E-state index contributed by atoms with van der Waals surface area (Å²) in [5.41, 5.74) is -2.07. The number of hydrogen-bond acceptors (Lipinski definition) is 3. The number of carboxylic acid groups (broad SMARTS) is 1. The summed E-state index contributed by atoms with van der Waals surface area (Å²) < 4.78 is 41.6. The average molecular weight is 297 g/mol. The lowest BCUT2D eigenvalue weighted by atomic mass is 10.0. The number of aliphatic hydroxyl groups excluding tert-OH is 1. The second-order valence-electron chi connectivity index (χ2n) is 4.37. The standard InChI is InChI=1S/C14H10F3NO3/c1-6(19)7-4-9(16)12(10(17)5-7)13-8(15)2-3-11(18-13)14(20)21/h2-6,19H,1H3,(H,20,21). The highest BCUT2D eigenvalue weighted by Crippen LogP contribution is 2.29. The van der Waals surface area contributed by atoms with Crippen LogP contribution in [0.15, 0.2) is 24.3 Å². The highest BCUT2D eigenvalue weighted by molar-refractivity contribution is 5.86. The van der Waals surface area contributed by atoms with Crippen molar-refractivity contribution in [2.75, 3.05) is 0 Å². The van der Waals surface area contributed by atoms with Crippen LogP contribution in [0.3, 0.4) is 0 Å². The maximum Gasteiger partial charge on any atom is 0.354 e. The van der Waals surface area contributed by atoms with Crippen LogP contribution in [-0.4, -0.2) is 21.2 Å². The van der Waals surface area contributed by atoms with Gasteiger partial charge in [-0.1, -0.05) is 0 Å². The first-order valence-electron chi connectivity index (χ1n) is 5.88. The number of halogens is 3. The highest BCUT2D eigenvalue weighted by Gasteiger charge is 2.21. The van der Waals surface area contributed by atoms with Crippen LogP contribution in [0.2, 0.25) is 0 Å². The van der Waals surface area contributed by atoms with Gasteiger partial charge in [-0.05, 0) is 36.8 Å².